The maximum Gasteiger partial charge on any atom is 0.0897 e. The molecule has 0 amide bonds. The van der Waals surface area contributed by atoms with Crippen LogP contribution in [0.5, 0.6) is 0 Å². The molecule has 0 aromatic heterocycles. The summed E-state index contributed by atoms with van der Waals surface area (Å²) in [5, 5.41) is 0. The Morgan fingerprint density at radius 1 is 1.33 bits per heavy atom. The number of rotatable bonds is 7. The van der Waals surface area contributed by atoms with Gasteiger partial charge in [0, 0.05) is 0 Å². The summed E-state index contributed by atoms with van der Waals surface area (Å²) in [4.78, 5) is 0. The van der Waals surface area contributed by atoms with Gasteiger partial charge in [0.25, 0.3) is 0 Å². The molecule has 0 saturated heterocycles. The summed E-state index contributed by atoms with van der Waals surface area (Å²) in [7, 11) is 0. The lowest BCUT2D eigenvalue weighted by atomic mass is 10.0. The highest BCUT2D eigenvalue weighted by atomic mass is 19.1. The first-order valence-corrected chi connectivity index (χ1v) is 5.02. The van der Waals surface area contributed by atoms with E-state index in [1.54, 1.807) is 0 Å². The van der Waals surface area contributed by atoms with Gasteiger partial charge in [0.2, 0.25) is 0 Å². The number of allylic oxidation sites excluding steroid dienone is 2. The van der Waals surface area contributed by atoms with Gasteiger partial charge in [-0.2, -0.15) is 0 Å². The van der Waals surface area contributed by atoms with Gasteiger partial charge in [-0.1, -0.05) is 38.8 Å². The maximum atomic E-state index is 11.7. The molecule has 0 radical (unpaired) electrons. The first-order chi connectivity index (χ1) is 5.81. The van der Waals surface area contributed by atoms with Gasteiger partial charge in [0.05, 0.1) is 6.67 Å². The fourth-order valence-corrected chi connectivity index (χ4v) is 1.25. The molecule has 1 heteroatoms. The number of unbranched alkanes of at least 4 members (excludes halogenated alkanes) is 1. The van der Waals surface area contributed by atoms with Gasteiger partial charge in [-0.3, -0.25) is 4.39 Å². The van der Waals surface area contributed by atoms with Gasteiger partial charge in [0.1, 0.15) is 0 Å². The van der Waals surface area contributed by atoms with Crippen LogP contribution in [-0.2, 0) is 0 Å². The van der Waals surface area contributed by atoms with Crippen LogP contribution in [0.4, 0.5) is 4.39 Å². The molecule has 0 saturated carbocycles. The molecule has 0 rings (SSSR count). The molecule has 0 aromatic carbocycles. The maximum absolute atomic E-state index is 11.7. The van der Waals surface area contributed by atoms with Crippen LogP contribution in [0.1, 0.15) is 46.0 Å². The third-order valence-electron chi connectivity index (χ3n) is 1.99. The molecular formula is C11H21F. The van der Waals surface area contributed by atoms with E-state index in [1.165, 1.54) is 12.8 Å². The number of alkyl halides is 1. The normalized spacial score (nSPS) is 13.9. The molecule has 1 atom stereocenters. The Kier molecular flexibility index (Phi) is 8.52. The summed E-state index contributed by atoms with van der Waals surface area (Å²) in [6.45, 7) is 4.29. The van der Waals surface area contributed by atoms with E-state index in [0.717, 1.165) is 18.8 Å². The minimum Gasteiger partial charge on any atom is -0.251 e. The topological polar surface area (TPSA) is 0 Å². The fraction of sp³-hybridized carbons (Fsp3) is 0.818. The number of halogens is 1. The van der Waals surface area contributed by atoms with Crippen LogP contribution in [0.2, 0.25) is 0 Å². The van der Waals surface area contributed by atoms with Crippen LogP contribution in [0, 0.1) is 5.92 Å². The monoisotopic (exact) mass is 172 g/mol. The van der Waals surface area contributed by atoms with E-state index >= 15 is 0 Å². The molecular weight excluding hydrogens is 151 g/mol. The van der Waals surface area contributed by atoms with Crippen molar-refractivity contribution in [2.75, 3.05) is 6.67 Å². The quantitative estimate of drug-likeness (QED) is 0.400. The zero-order chi connectivity index (χ0) is 9.23. The van der Waals surface area contributed by atoms with Crippen LogP contribution in [-0.4, -0.2) is 6.67 Å². The van der Waals surface area contributed by atoms with Crippen LogP contribution in [0.3, 0.4) is 0 Å². The summed E-state index contributed by atoms with van der Waals surface area (Å²) < 4.78 is 11.7. The summed E-state index contributed by atoms with van der Waals surface area (Å²) in [6, 6.07) is 0. The van der Waals surface area contributed by atoms with Crippen LogP contribution in [0.15, 0.2) is 12.2 Å². The second-order valence-electron chi connectivity index (χ2n) is 3.43. The summed E-state index contributed by atoms with van der Waals surface area (Å²) >= 11 is 0. The molecule has 0 heterocycles. The minimum atomic E-state index is -0.186. The largest absolute Gasteiger partial charge is 0.251 e. The van der Waals surface area contributed by atoms with Gasteiger partial charge >= 0.3 is 0 Å². The Bertz CT molecular complexity index is 108. The van der Waals surface area contributed by atoms with Crippen molar-refractivity contribution < 1.29 is 4.39 Å². The Balaban J connectivity index is 3.21. The van der Waals surface area contributed by atoms with Gasteiger partial charge in [0.15, 0.2) is 0 Å². The van der Waals surface area contributed by atoms with Crippen LogP contribution < -0.4 is 0 Å². The van der Waals surface area contributed by atoms with Crippen molar-refractivity contribution in [3.8, 4) is 0 Å². The van der Waals surface area contributed by atoms with Gasteiger partial charge < -0.3 is 0 Å². The van der Waals surface area contributed by atoms with Crippen molar-refractivity contribution in [1.29, 1.82) is 0 Å². The Morgan fingerprint density at radius 3 is 2.67 bits per heavy atom. The smallest absolute Gasteiger partial charge is 0.0897 e. The molecule has 1 unspecified atom stereocenters. The van der Waals surface area contributed by atoms with Crippen molar-refractivity contribution in [3.63, 3.8) is 0 Å². The molecule has 0 aromatic rings. The van der Waals surface area contributed by atoms with Crippen molar-refractivity contribution in [2.45, 2.75) is 46.0 Å². The predicted molar refractivity (Wildman–Crippen MR) is 53.0 cm³/mol. The highest BCUT2D eigenvalue weighted by Crippen LogP contribution is 2.10. The second kappa shape index (κ2) is 8.76. The van der Waals surface area contributed by atoms with Gasteiger partial charge in [-0.05, 0) is 25.2 Å². The van der Waals surface area contributed by atoms with Crippen LogP contribution >= 0.6 is 0 Å². The van der Waals surface area contributed by atoms with Gasteiger partial charge in [-0.15, -0.1) is 0 Å². The minimum absolute atomic E-state index is 0.186. The lowest BCUT2D eigenvalue weighted by Crippen LogP contribution is -1.90. The SMILES string of the molecule is CCCC(C)C/C=C/CCCF. The molecule has 0 bridgehead atoms. The Labute approximate surface area is 75.9 Å². The van der Waals surface area contributed by atoms with E-state index in [4.69, 9.17) is 0 Å². The molecule has 0 aliphatic heterocycles. The third kappa shape index (κ3) is 7.77. The standard InChI is InChI=1S/C11H21F/c1-3-8-11(2)9-6-4-5-7-10-12/h4,6,11H,3,5,7-10H2,1-2H3/b6-4+. The molecule has 0 fully saturated rings. The molecule has 0 aliphatic carbocycles. The number of hydrogen-bond donors (Lipinski definition) is 0. The second-order valence-corrected chi connectivity index (χ2v) is 3.43. The van der Waals surface area contributed by atoms with Gasteiger partial charge in [-0.25, -0.2) is 0 Å². The number of hydrogen-bond acceptors (Lipinski definition) is 0. The zero-order valence-electron chi connectivity index (χ0n) is 8.35. The predicted octanol–water partition coefficient (Wildman–Crippen LogP) is 4.12. The van der Waals surface area contributed by atoms with E-state index in [0.29, 0.717) is 6.42 Å². The molecule has 0 spiro atoms. The fourth-order valence-electron chi connectivity index (χ4n) is 1.25. The van der Waals surface area contributed by atoms with Crippen molar-refractivity contribution in [3.05, 3.63) is 12.2 Å². The zero-order valence-corrected chi connectivity index (χ0v) is 8.35. The summed E-state index contributed by atoms with van der Waals surface area (Å²) in [5.74, 6) is 0.789. The first kappa shape index (κ1) is 11.7. The highest BCUT2D eigenvalue weighted by Gasteiger charge is 1.95. The summed E-state index contributed by atoms with van der Waals surface area (Å²) in [5.41, 5.74) is 0. The van der Waals surface area contributed by atoms with Crippen molar-refractivity contribution in [2.24, 2.45) is 5.92 Å². The average Bonchev–Trinajstić information content (AvgIpc) is 2.05. The van der Waals surface area contributed by atoms with E-state index in [1.807, 2.05) is 0 Å². The molecule has 0 aliphatic rings. The Morgan fingerprint density at radius 2 is 2.08 bits per heavy atom. The third-order valence-corrected chi connectivity index (χ3v) is 1.99. The van der Waals surface area contributed by atoms with E-state index in [-0.39, 0.29) is 6.67 Å². The Hall–Kier alpha value is -0.330. The van der Waals surface area contributed by atoms with Crippen LogP contribution in [0.25, 0.3) is 0 Å². The van der Waals surface area contributed by atoms with E-state index < -0.39 is 0 Å². The first-order valence-electron chi connectivity index (χ1n) is 5.02. The molecule has 72 valence electrons. The van der Waals surface area contributed by atoms with E-state index in [9.17, 15) is 4.39 Å². The summed E-state index contributed by atoms with van der Waals surface area (Å²) in [6.07, 6.45) is 9.59. The lowest BCUT2D eigenvalue weighted by molar-refractivity contribution is 0.475. The van der Waals surface area contributed by atoms with Crippen molar-refractivity contribution in [1.82, 2.24) is 0 Å². The highest BCUT2D eigenvalue weighted by molar-refractivity contribution is 4.82. The van der Waals surface area contributed by atoms with E-state index in [2.05, 4.69) is 26.0 Å². The molecule has 0 N–H and O–H groups in total. The molecule has 12 heavy (non-hydrogen) atoms. The lowest BCUT2D eigenvalue weighted by Gasteiger charge is -2.04. The average molecular weight is 172 g/mol. The van der Waals surface area contributed by atoms with Crippen molar-refractivity contribution >= 4 is 0 Å². The molecule has 0 nitrogen and oxygen atoms in total.